The highest BCUT2D eigenvalue weighted by Gasteiger charge is 2.27. The van der Waals surface area contributed by atoms with Crippen molar-refractivity contribution in [2.45, 2.75) is 77.4 Å². The number of carbonyl (C=O) groups excluding carboxylic acids is 1. The van der Waals surface area contributed by atoms with Gasteiger partial charge < -0.3 is 9.80 Å². The molecule has 0 unspecified atom stereocenters. The average Bonchev–Trinajstić information content (AvgIpc) is 2.39. The van der Waals surface area contributed by atoms with E-state index in [0.717, 1.165) is 25.8 Å². The first kappa shape index (κ1) is 15.5. The highest BCUT2D eigenvalue weighted by Crippen LogP contribution is 2.26. The van der Waals surface area contributed by atoms with Crippen molar-refractivity contribution in [1.29, 1.82) is 0 Å². The normalized spacial score (nSPS) is 24.6. The molecule has 0 bridgehead atoms. The van der Waals surface area contributed by atoms with Crippen molar-refractivity contribution in [3.8, 4) is 0 Å². The van der Waals surface area contributed by atoms with Crippen LogP contribution in [0.25, 0.3) is 0 Å². The lowest BCUT2D eigenvalue weighted by Crippen LogP contribution is -2.44. The number of amides is 1. The minimum atomic E-state index is 0.492. The molecule has 106 valence electrons. The Balaban J connectivity index is 2.39. The summed E-state index contributed by atoms with van der Waals surface area (Å²) in [5.41, 5.74) is 0. The zero-order valence-electron chi connectivity index (χ0n) is 12.6. The highest BCUT2D eigenvalue weighted by atomic mass is 16.1. The van der Waals surface area contributed by atoms with E-state index in [-0.39, 0.29) is 0 Å². The monoisotopic (exact) mass is 254 g/mol. The van der Waals surface area contributed by atoms with Crippen molar-refractivity contribution in [2.24, 2.45) is 0 Å². The molecule has 1 saturated carbocycles. The van der Waals surface area contributed by atoms with E-state index in [1.54, 1.807) is 0 Å². The van der Waals surface area contributed by atoms with Crippen LogP contribution in [-0.4, -0.2) is 47.9 Å². The molecule has 0 N–H and O–H groups in total. The van der Waals surface area contributed by atoms with Crippen molar-refractivity contribution in [3.05, 3.63) is 0 Å². The Hall–Kier alpha value is -0.570. The van der Waals surface area contributed by atoms with Gasteiger partial charge in [-0.15, -0.1) is 0 Å². The van der Waals surface area contributed by atoms with E-state index in [9.17, 15) is 4.79 Å². The van der Waals surface area contributed by atoms with Crippen LogP contribution in [0.1, 0.15) is 59.3 Å². The lowest BCUT2D eigenvalue weighted by Gasteiger charge is -2.39. The van der Waals surface area contributed by atoms with Gasteiger partial charge in [0.2, 0.25) is 6.41 Å². The van der Waals surface area contributed by atoms with Crippen LogP contribution in [-0.2, 0) is 4.79 Å². The maximum atomic E-state index is 11.1. The first-order chi connectivity index (χ1) is 8.60. The number of rotatable bonds is 7. The lowest BCUT2D eigenvalue weighted by atomic mass is 9.89. The Kier molecular flexibility index (Phi) is 6.69. The number of carbonyl (C=O) groups is 1. The Morgan fingerprint density at radius 2 is 1.72 bits per heavy atom. The Morgan fingerprint density at radius 3 is 2.17 bits per heavy atom. The number of nitrogens with zero attached hydrogens (tertiary/aromatic N) is 2. The van der Waals surface area contributed by atoms with Gasteiger partial charge >= 0.3 is 0 Å². The van der Waals surface area contributed by atoms with Gasteiger partial charge in [0.15, 0.2) is 0 Å². The number of hydrogen-bond acceptors (Lipinski definition) is 2. The van der Waals surface area contributed by atoms with E-state index in [2.05, 4.69) is 32.7 Å². The molecule has 0 heterocycles. The van der Waals surface area contributed by atoms with E-state index in [1.165, 1.54) is 25.7 Å². The predicted molar refractivity (Wildman–Crippen MR) is 76.6 cm³/mol. The van der Waals surface area contributed by atoms with Crippen LogP contribution >= 0.6 is 0 Å². The second-order valence-corrected chi connectivity index (χ2v) is 5.92. The van der Waals surface area contributed by atoms with Crippen LogP contribution in [0.15, 0.2) is 0 Å². The molecule has 0 radical (unpaired) electrons. The van der Waals surface area contributed by atoms with Gasteiger partial charge in [-0.25, -0.2) is 0 Å². The fourth-order valence-electron chi connectivity index (χ4n) is 2.88. The first-order valence-corrected chi connectivity index (χ1v) is 7.53. The summed E-state index contributed by atoms with van der Waals surface area (Å²) in [5.74, 6) is 0. The first-order valence-electron chi connectivity index (χ1n) is 7.53. The molecule has 0 saturated heterocycles. The van der Waals surface area contributed by atoms with Crippen molar-refractivity contribution < 1.29 is 4.79 Å². The molecule has 0 atom stereocenters. The third kappa shape index (κ3) is 4.27. The van der Waals surface area contributed by atoms with Crippen LogP contribution in [0, 0.1) is 0 Å². The van der Waals surface area contributed by atoms with Gasteiger partial charge in [0, 0.05) is 24.7 Å². The summed E-state index contributed by atoms with van der Waals surface area (Å²) in [6.45, 7) is 7.63. The molecule has 1 aliphatic rings. The predicted octanol–water partition coefficient (Wildman–Crippen LogP) is 2.90. The molecule has 3 nitrogen and oxygen atoms in total. The maximum absolute atomic E-state index is 11.1. The Morgan fingerprint density at radius 1 is 1.17 bits per heavy atom. The van der Waals surface area contributed by atoms with Gasteiger partial charge in [-0.1, -0.05) is 13.3 Å². The van der Waals surface area contributed by atoms with Crippen molar-refractivity contribution in [1.82, 2.24) is 9.80 Å². The van der Waals surface area contributed by atoms with Crippen molar-refractivity contribution in [3.63, 3.8) is 0 Å². The molecule has 3 heteroatoms. The summed E-state index contributed by atoms with van der Waals surface area (Å²) in [6, 6.07) is 1.82. The van der Waals surface area contributed by atoms with Crippen LogP contribution in [0.4, 0.5) is 0 Å². The van der Waals surface area contributed by atoms with E-state index in [1.807, 2.05) is 4.90 Å². The second kappa shape index (κ2) is 7.78. The molecule has 18 heavy (non-hydrogen) atoms. The molecule has 1 rings (SSSR count). The standard InChI is InChI=1S/C15H30N2O/c1-5-6-11-17(12-18)15-9-7-14(8-10-15)16(4)13(2)3/h12-15H,5-11H2,1-4H3. The molecule has 1 fully saturated rings. The molecular weight excluding hydrogens is 224 g/mol. The smallest absolute Gasteiger partial charge is 0.209 e. The quantitative estimate of drug-likeness (QED) is 0.652. The van der Waals surface area contributed by atoms with Crippen LogP contribution in [0.2, 0.25) is 0 Å². The fourth-order valence-corrected chi connectivity index (χ4v) is 2.88. The van der Waals surface area contributed by atoms with E-state index >= 15 is 0 Å². The summed E-state index contributed by atoms with van der Waals surface area (Å²) < 4.78 is 0. The molecule has 1 amide bonds. The summed E-state index contributed by atoms with van der Waals surface area (Å²) >= 11 is 0. The molecular formula is C15H30N2O. The van der Waals surface area contributed by atoms with Gasteiger partial charge in [0.25, 0.3) is 0 Å². The topological polar surface area (TPSA) is 23.6 Å². The zero-order chi connectivity index (χ0) is 13.5. The van der Waals surface area contributed by atoms with Crippen molar-refractivity contribution >= 4 is 6.41 Å². The van der Waals surface area contributed by atoms with Gasteiger partial charge in [-0.05, 0) is 53.0 Å². The van der Waals surface area contributed by atoms with Crippen LogP contribution in [0.5, 0.6) is 0 Å². The summed E-state index contributed by atoms with van der Waals surface area (Å²) in [6.07, 6.45) is 8.16. The second-order valence-electron chi connectivity index (χ2n) is 5.92. The number of unbranched alkanes of at least 4 members (excludes halogenated alkanes) is 1. The minimum absolute atomic E-state index is 0.492. The summed E-state index contributed by atoms with van der Waals surface area (Å²) in [4.78, 5) is 15.7. The fraction of sp³-hybridized carbons (Fsp3) is 0.933. The maximum Gasteiger partial charge on any atom is 0.209 e. The Bertz CT molecular complexity index is 235. The van der Waals surface area contributed by atoms with Crippen LogP contribution < -0.4 is 0 Å². The molecule has 0 aromatic carbocycles. The SMILES string of the molecule is CCCCN(C=O)C1CCC(N(C)C(C)C)CC1. The molecule has 0 aromatic heterocycles. The average molecular weight is 254 g/mol. The lowest BCUT2D eigenvalue weighted by molar-refractivity contribution is -0.121. The van der Waals surface area contributed by atoms with Gasteiger partial charge in [0.05, 0.1) is 0 Å². The van der Waals surface area contributed by atoms with Crippen molar-refractivity contribution in [2.75, 3.05) is 13.6 Å². The highest BCUT2D eigenvalue weighted by molar-refractivity contribution is 5.47. The third-order valence-corrected chi connectivity index (χ3v) is 4.43. The van der Waals surface area contributed by atoms with Gasteiger partial charge in [0.1, 0.15) is 0 Å². The Labute approximate surface area is 113 Å². The van der Waals surface area contributed by atoms with E-state index in [0.29, 0.717) is 18.1 Å². The van der Waals surface area contributed by atoms with Gasteiger partial charge in [-0.2, -0.15) is 0 Å². The van der Waals surface area contributed by atoms with Gasteiger partial charge in [-0.3, -0.25) is 4.79 Å². The zero-order valence-corrected chi connectivity index (χ0v) is 12.6. The van der Waals surface area contributed by atoms with E-state index < -0.39 is 0 Å². The molecule has 0 spiro atoms. The number of hydrogen-bond donors (Lipinski definition) is 0. The molecule has 0 aromatic rings. The largest absolute Gasteiger partial charge is 0.342 e. The summed E-state index contributed by atoms with van der Waals surface area (Å²) in [5, 5.41) is 0. The van der Waals surface area contributed by atoms with E-state index in [4.69, 9.17) is 0 Å². The molecule has 1 aliphatic carbocycles. The third-order valence-electron chi connectivity index (χ3n) is 4.43. The summed E-state index contributed by atoms with van der Waals surface area (Å²) in [7, 11) is 2.23. The van der Waals surface area contributed by atoms with Crippen LogP contribution in [0.3, 0.4) is 0 Å². The molecule has 0 aliphatic heterocycles. The minimum Gasteiger partial charge on any atom is -0.342 e.